The van der Waals surface area contributed by atoms with E-state index in [2.05, 4.69) is 48.6 Å². The molecule has 1 aliphatic heterocycles. The minimum atomic E-state index is 0.832. The Hall–Kier alpha value is -1.22. The highest BCUT2D eigenvalue weighted by Crippen LogP contribution is 2.37. The lowest BCUT2D eigenvalue weighted by Gasteiger charge is -2.17. The molecule has 3 heteroatoms. The highest BCUT2D eigenvalue weighted by molar-refractivity contribution is 7.99. The van der Waals surface area contributed by atoms with E-state index in [-0.39, 0.29) is 0 Å². The standard InChI is InChI=1S/C18H18ClNS/c1-13-16(19)6-4-8-17(13)21-18-7-3-2-5-15(18)14-9-11-20-12-10-14/h2-9,20H,10-12H2,1H3. The molecule has 0 bridgehead atoms. The van der Waals surface area contributed by atoms with Crippen LogP contribution in [0.3, 0.4) is 0 Å². The summed E-state index contributed by atoms with van der Waals surface area (Å²) in [5.41, 5.74) is 3.94. The molecule has 0 radical (unpaired) electrons. The minimum absolute atomic E-state index is 0.832. The van der Waals surface area contributed by atoms with Crippen LogP contribution in [0.4, 0.5) is 0 Å². The molecule has 0 unspecified atom stereocenters. The lowest BCUT2D eigenvalue weighted by atomic mass is 10.0. The third kappa shape index (κ3) is 3.34. The van der Waals surface area contributed by atoms with Gasteiger partial charge in [-0.05, 0) is 54.8 Å². The number of rotatable bonds is 3. The fourth-order valence-electron chi connectivity index (χ4n) is 2.50. The van der Waals surface area contributed by atoms with E-state index in [4.69, 9.17) is 11.6 Å². The van der Waals surface area contributed by atoms with Crippen molar-refractivity contribution in [2.45, 2.75) is 23.1 Å². The zero-order valence-electron chi connectivity index (χ0n) is 12.0. The van der Waals surface area contributed by atoms with E-state index >= 15 is 0 Å². The fourth-order valence-corrected chi connectivity index (χ4v) is 3.84. The largest absolute Gasteiger partial charge is 0.313 e. The molecule has 0 aromatic heterocycles. The number of nitrogens with one attached hydrogen (secondary N) is 1. The summed E-state index contributed by atoms with van der Waals surface area (Å²) in [6.07, 6.45) is 3.39. The van der Waals surface area contributed by atoms with Crippen molar-refractivity contribution >= 4 is 28.9 Å². The van der Waals surface area contributed by atoms with Crippen molar-refractivity contribution in [3.63, 3.8) is 0 Å². The van der Waals surface area contributed by atoms with E-state index < -0.39 is 0 Å². The van der Waals surface area contributed by atoms with E-state index in [1.54, 1.807) is 11.8 Å². The van der Waals surface area contributed by atoms with Crippen molar-refractivity contribution < 1.29 is 0 Å². The first-order valence-corrected chi connectivity index (χ1v) is 8.37. The quantitative estimate of drug-likeness (QED) is 0.838. The van der Waals surface area contributed by atoms with Crippen LogP contribution in [0.5, 0.6) is 0 Å². The molecule has 1 aliphatic rings. The van der Waals surface area contributed by atoms with Crippen LogP contribution in [0.1, 0.15) is 17.5 Å². The molecular formula is C18H18ClNS. The smallest absolute Gasteiger partial charge is 0.0446 e. The van der Waals surface area contributed by atoms with Gasteiger partial charge in [-0.2, -0.15) is 0 Å². The zero-order valence-corrected chi connectivity index (χ0v) is 13.6. The van der Waals surface area contributed by atoms with Crippen LogP contribution in [0.2, 0.25) is 5.02 Å². The van der Waals surface area contributed by atoms with E-state index in [0.29, 0.717) is 0 Å². The van der Waals surface area contributed by atoms with Gasteiger partial charge in [0.25, 0.3) is 0 Å². The highest BCUT2D eigenvalue weighted by atomic mass is 35.5. The van der Waals surface area contributed by atoms with Crippen LogP contribution >= 0.6 is 23.4 Å². The molecule has 2 aromatic carbocycles. The Kier molecular flexibility index (Phi) is 4.69. The number of hydrogen-bond acceptors (Lipinski definition) is 2. The monoisotopic (exact) mass is 315 g/mol. The van der Waals surface area contributed by atoms with Gasteiger partial charge < -0.3 is 5.32 Å². The average molecular weight is 316 g/mol. The fraction of sp³-hybridized carbons (Fsp3) is 0.222. The van der Waals surface area contributed by atoms with Gasteiger partial charge in [0, 0.05) is 21.4 Å². The van der Waals surface area contributed by atoms with Gasteiger partial charge in [-0.15, -0.1) is 0 Å². The lowest BCUT2D eigenvalue weighted by Crippen LogP contribution is -2.20. The van der Waals surface area contributed by atoms with E-state index in [1.807, 2.05) is 12.1 Å². The van der Waals surface area contributed by atoms with Crippen molar-refractivity contribution in [3.8, 4) is 0 Å². The third-order valence-corrected chi connectivity index (χ3v) is 5.38. The Morgan fingerprint density at radius 2 is 1.86 bits per heavy atom. The Bertz CT molecular complexity index is 679. The maximum absolute atomic E-state index is 6.24. The second-order valence-corrected chi connectivity index (χ2v) is 6.64. The van der Waals surface area contributed by atoms with Gasteiger partial charge in [0.15, 0.2) is 0 Å². The molecule has 0 aliphatic carbocycles. The van der Waals surface area contributed by atoms with Gasteiger partial charge >= 0.3 is 0 Å². The molecule has 2 aromatic rings. The van der Waals surface area contributed by atoms with Crippen molar-refractivity contribution in [1.82, 2.24) is 5.32 Å². The lowest BCUT2D eigenvalue weighted by molar-refractivity contribution is 0.737. The van der Waals surface area contributed by atoms with E-state index in [9.17, 15) is 0 Å². The first-order chi connectivity index (χ1) is 10.3. The topological polar surface area (TPSA) is 12.0 Å². The number of halogens is 1. The number of benzene rings is 2. The summed E-state index contributed by atoms with van der Waals surface area (Å²) in [5.74, 6) is 0. The van der Waals surface area contributed by atoms with Crippen LogP contribution < -0.4 is 5.32 Å². The number of hydrogen-bond donors (Lipinski definition) is 1. The van der Waals surface area contributed by atoms with Crippen molar-refractivity contribution in [3.05, 3.63) is 64.7 Å². The van der Waals surface area contributed by atoms with Crippen LogP contribution in [0.25, 0.3) is 5.57 Å². The molecule has 0 fully saturated rings. The summed E-state index contributed by atoms with van der Waals surface area (Å²) in [4.78, 5) is 2.53. The minimum Gasteiger partial charge on any atom is -0.313 e. The van der Waals surface area contributed by atoms with Crippen molar-refractivity contribution in [2.24, 2.45) is 0 Å². The van der Waals surface area contributed by atoms with Gasteiger partial charge in [0.05, 0.1) is 0 Å². The molecule has 21 heavy (non-hydrogen) atoms. The first-order valence-electron chi connectivity index (χ1n) is 7.18. The molecule has 1 nitrogen and oxygen atoms in total. The van der Waals surface area contributed by atoms with E-state index in [1.165, 1.54) is 20.9 Å². The molecule has 1 heterocycles. The maximum atomic E-state index is 6.24. The Balaban J connectivity index is 1.96. The molecule has 3 rings (SSSR count). The van der Waals surface area contributed by atoms with Crippen LogP contribution in [-0.2, 0) is 0 Å². The van der Waals surface area contributed by atoms with Crippen LogP contribution in [0.15, 0.2) is 58.3 Å². The van der Waals surface area contributed by atoms with E-state index in [0.717, 1.165) is 30.1 Å². The van der Waals surface area contributed by atoms with Crippen molar-refractivity contribution in [1.29, 1.82) is 0 Å². The van der Waals surface area contributed by atoms with Crippen LogP contribution in [0, 0.1) is 6.92 Å². The Morgan fingerprint density at radius 3 is 2.67 bits per heavy atom. The molecule has 0 amide bonds. The van der Waals surface area contributed by atoms with Gasteiger partial charge in [0.2, 0.25) is 0 Å². The summed E-state index contributed by atoms with van der Waals surface area (Å²) in [7, 11) is 0. The predicted molar refractivity (Wildman–Crippen MR) is 92.2 cm³/mol. The average Bonchev–Trinajstić information content (AvgIpc) is 2.53. The summed E-state index contributed by atoms with van der Waals surface area (Å²) < 4.78 is 0. The molecule has 0 atom stereocenters. The summed E-state index contributed by atoms with van der Waals surface area (Å²) in [5, 5.41) is 4.20. The van der Waals surface area contributed by atoms with Gasteiger partial charge in [0.1, 0.15) is 0 Å². The molecule has 108 valence electrons. The highest BCUT2D eigenvalue weighted by Gasteiger charge is 2.12. The molecule has 0 saturated carbocycles. The summed E-state index contributed by atoms with van der Waals surface area (Å²) in [6.45, 7) is 4.10. The first kappa shape index (κ1) is 14.7. The van der Waals surface area contributed by atoms with Gasteiger partial charge in [-0.25, -0.2) is 0 Å². The second kappa shape index (κ2) is 6.69. The summed E-state index contributed by atoms with van der Waals surface area (Å²) in [6, 6.07) is 14.7. The van der Waals surface area contributed by atoms with Crippen molar-refractivity contribution in [2.75, 3.05) is 13.1 Å². The Labute approximate surface area is 135 Å². The molecular weight excluding hydrogens is 298 g/mol. The third-order valence-electron chi connectivity index (χ3n) is 3.73. The zero-order chi connectivity index (χ0) is 14.7. The van der Waals surface area contributed by atoms with Crippen LogP contribution in [-0.4, -0.2) is 13.1 Å². The van der Waals surface area contributed by atoms with Gasteiger partial charge in [-0.1, -0.05) is 53.7 Å². The molecule has 0 saturated heterocycles. The maximum Gasteiger partial charge on any atom is 0.0446 e. The Morgan fingerprint density at radius 1 is 1.05 bits per heavy atom. The SMILES string of the molecule is Cc1c(Cl)cccc1Sc1ccccc1C1=CCNCC1. The molecule has 1 N–H and O–H groups in total. The normalized spacial score (nSPS) is 14.9. The second-order valence-electron chi connectivity index (χ2n) is 5.14. The predicted octanol–water partition coefficient (Wildman–Crippen LogP) is 5.18. The van der Waals surface area contributed by atoms with Gasteiger partial charge in [-0.3, -0.25) is 0 Å². The molecule has 0 spiro atoms. The summed E-state index contributed by atoms with van der Waals surface area (Å²) >= 11 is 8.04.